The van der Waals surface area contributed by atoms with Crippen LogP contribution in [0.15, 0.2) is 54.6 Å². The fourth-order valence-electron chi connectivity index (χ4n) is 4.12. The van der Waals surface area contributed by atoms with E-state index in [4.69, 9.17) is 9.47 Å². The predicted octanol–water partition coefficient (Wildman–Crippen LogP) is 3.72. The van der Waals surface area contributed by atoms with E-state index in [1.54, 1.807) is 0 Å². The average molecular weight is 367 g/mol. The summed E-state index contributed by atoms with van der Waals surface area (Å²) in [6, 6.07) is 19.2. The Hall–Kier alpha value is -2.04. The van der Waals surface area contributed by atoms with Crippen molar-refractivity contribution >= 4 is 0 Å². The smallest absolute Gasteiger partial charge is 0.161 e. The number of ether oxygens (including phenoxy) is 2. The molecule has 2 heterocycles. The summed E-state index contributed by atoms with van der Waals surface area (Å²) < 4.78 is 12.0. The lowest BCUT2D eigenvalue weighted by Gasteiger charge is -2.37. The third kappa shape index (κ3) is 4.82. The maximum absolute atomic E-state index is 6.12. The summed E-state index contributed by atoms with van der Waals surface area (Å²) in [6.07, 6.45) is 2.62. The molecule has 4 nitrogen and oxygen atoms in total. The SMILES string of the molecule is CC(NCc1ccccc1)C1CCN(CC2COc3ccccc3O2)CC1. The highest BCUT2D eigenvalue weighted by Gasteiger charge is 2.27. The maximum atomic E-state index is 6.12. The van der Waals surface area contributed by atoms with Crippen LogP contribution >= 0.6 is 0 Å². The molecule has 2 aromatic carbocycles. The van der Waals surface area contributed by atoms with Gasteiger partial charge in [-0.2, -0.15) is 0 Å². The predicted molar refractivity (Wildman–Crippen MR) is 108 cm³/mol. The summed E-state index contributed by atoms with van der Waals surface area (Å²) in [5, 5.41) is 3.71. The molecule has 144 valence electrons. The van der Waals surface area contributed by atoms with Crippen LogP contribution in [-0.4, -0.2) is 43.3 Å². The van der Waals surface area contributed by atoms with Crippen LogP contribution in [0.1, 0.15) is 25.3 Å². The fourth-order valence-corrected chi connectivity index (χ4v) is 4.12. The molecule has 0 bridgehead atoms. The number of nitrogens with zero attached hydrogens (tertiary/aromatic N) is 1. The Morgan fingerprint density at radius 2 is 1.70 bits per heavy atom. The molecule has 0 aliphatic carbocycles. The molecule has 0 radical (unpaired) electrons. The summed E-state index contributed by atoms with van der Waals surface area (Å²) in [5.41, 5.74) is 1.36. The number of piperidine rings is 1. The summed E-state index contributed by atoms with van der Waals surface area (Å²) in [5.74, 6) is 2.49. The molecule has 2 atom stereocenters. The number of fused-ring (bicyclic) bond motifs is 1. The number of hydrogen-bond acceptors (Lipinski definition) is 4. The monoisotopic (exact) mass is 366 g/mol. The van der Waals surface area contributed by atoms with Crippen molar-refractivity contribution in [1.82, 2.24) is 10.2 Å². The number of hydrogen-bond donors (Lipinski definition) is 1. The normalized spacial score (nSPS) is 21.7. The van der Waals surface area contributed by atoms with Crippen LogP contribution in [-0.2, 0) is 6.54 Å². The van der Waals surface area contributed by atoms with Gasteiger partial charge in [0, 0.05) is 19.1 Å². The van der Waals surface area contributed by atoms with Gasteiger partial charge in [0.05, 0.1) is 0 Å². The first-order valence-electron chi connectivity index (χ1n) is 10.2. The van der Waals surface area contributed by atoms with Gasteiger partial charge in [0.1, 0.15) is 12.7 Å². The topological polar surface area (TPSA) is 33.7 Å². The van der Waals surface area contributed by atoms with Crippen LogP contribution in [0, 0.1) is 5.92 Å². The lowest BCUT2D eigenvalue weighted by molar-refractivity contribution is 0.0454. The van der Waals surface area contributed by atoms with Gasteiger partial charge in [-0.25, -0.2) is 0 Å². The molecule has 0 spiro atoms. The van der Waals surface area contributed by atoms with Crippen molar-refractivity contribution in [2.24, 2.45) is 5.92 Å². The molecular weight excluding hydrogens is 336 g/mol. The molecule has 1 N–H and O–H groups in total. The minimum atomic E-state index is 0.130. The molecule has 2 aliphatic rings. The third-order valence-electron chi connectivity index (χ3n) is 5.84. The number of likely N-dealkylation sites (tertiary alicyclic amines) is 1. The van der Waals surface area contributed by atoms with Crippen molar-refractivity contribution in [3.63, 3.8) is 0 Å². The Kier molecular flexibility index (Phi) is 5.95. The van der Waals surface area contributed by atoms with E-state index in [9.17, 15) is 0 Å². The van der Waals surface area contributed by atoms with Crippen molar-refractivity contribution in [1.29, 1.82) is 0 Å². The second-order valence-corrected chi connectivity index (χ2v) is 7.79. The molecule has 1 fully saturated rings. The lowest BCUT2D eigenvalue weighted by atomic mass is 9.90. The molecular formula is C23H30N2O2. The molecule has 0 aromatic heterocycles. The van der Waals surface area contributed by atoms with E-state index in [1.807, 2.05) is 24.3 Å². The van der Waals surface area contributed by atoms with Crippen molar-refractivity contribution in [3.05, 3.63) is 60.2 Å². The maximum Gasteiger partial charge on any atom is 0.161 e. The molecule has 1 saturated heterocycles. The Balaban J connectivity index is 1.20. The van der Waals surface area contributed by atoms with Crippen LogP contribution < -0.4 is 14.8 Å². The Bertz CT molecular complexity index is 713. The summed E-state index contributed by atoms with van der Waals surface area (Å²) in [4.78, 5) is 2.53. The lowest BCUT2D eigenvalue weighted by Crippen LogP contribution is -2.46. The van der Waals surface area contributed by atoms with Crippen LogP contribution in [0.3, 0.4) is 0 Å². The third-order valence-corrected chi connectivity index (χ3v) is 5.84. The minimum absolute atomic E-state index is 0.130. The molecule has 4 rings (SSSR count). The van der Waals surface area contributed by atoms with Crippen LogP contribution in [0.5, 0.6) is 11.5 Å². The van der Waals surface area contributed by atoms with Gasteiger partial charge in [-0.3, -0.25) is 4.90 Å². The highest BCUT2D eigenvalue weighted by Crippen LogP contribution is 2.31. The van der Waals surface area contributed by atoms with Gasteiger partial charge in [-0.05, 0) is 56.5 Å². The quantitative estimate of drug-likeness (QED) is 0.845. The molecule has 4 heteroatoms. The van der Waals surface area contributed by atoms with E-state index in [0.717, 1.165) is 43.6 Å². The van der Waals surface area contributed by atoms with Gasteiger partial charge in [0.25, 0.3) is 0 Å². The highest BCUT2D eigenvalue weighted by molar-refractivity contribution is 5.40. The molecule has 0 saturated carbocycles. The summed E-state index contributed by atoms with van der Waals surface area (Å²) in [7, 11) is 0. The Morgan fingerprint density at radius 1 is 1.00 bits per heavy atom. The van der Waals surface area contributed by atoms with Gasteiger partial charge >= 0.3 is 0 Å². The van der Waals surface area contributed by atoms with Crippen LogP contribution in [0.4, 0.5) is 0 Å². The zero-order chi connectivity index (χ0) is 18.5. The number of rotatable bonds is 6. The zero-order valence-electron chi connectivity index (χ0n) is 16.1. The van der Waals surface area contributed by atoms with Crippen LogP contribution in [0.25, 0.3) is 0 Å². The number of nitrogens with one attached hydrogen (secondary N) is 1. The van der Waals surface area contributed by atoms with Gasteiger partial charge in [-0.1, -0.05) is 42.5 Å². The second-order valence-electron chi connectivity index (χ2n) is 7.79. The zero-order valence-corrected chi connectivity index (χ0v) is 16.1. The van der Waals surface area contributed by atoms with Crippen molar-refractivity contribution in [2.75, 3.05) is 26.2 Å². The summed E-state index contributed by atoms with van der Waals surface area (Å²) in [6.45, 7) is 7.17. The van der Waals surface area contributed by atoms with E-state index in [2.05, 4.69) is 47.5 Å². The van der Waals surface area contributed by atoms with E-state index >= 15 is 0 Å². The first-order chi connectivity index (χ1) is 13.3. The highest BCUT2D eigenvalue weighted by atomic mass is 16.6. The molecule has 2 aromatic rings. The average Bonchev–Trinajstić information content (AvgIpc) is 2.73. The Morgan fingerprint density at radius 3 is 2.48 bits per heavy atom. The van der Waals surface area contributed by atoms with Gasteiger partial charge in [-0.15, -0.1) is 0 Å². The van der Waals surface area contributed by atoms with Gasteiger partial charge in [0.2, 0.25) is 0 Å². The molecule has 27 heavy (non-hydrogen) atoms. The van der Waals surface area contributed by atoms with Gasteiger partial charge < -0.3 is 14.8 Å². The van der Waals surface area contributed by atoms with Crippen molar-refractivity contribution in [3.8, 4) is 11.5 Å². The molecule has 2 aliphatic heterocycles. The Labute approximate surface area is 162 Å². The van der Waals surface area contributed by atoms with E-state index in [0.29, 0.717) is 12.6 Å². The van der Waals surface area contributed by atoms with Crippen molar-refractivity contribution in [2.45, 2.75) is 38.5 Å². The number of para-hydroxylation sites is 2. The first-order valence-corrected chi connectivity index (χ1v) is 10.2. The van der Waals surface area contributed by atoms with E-state index in [1.165, 1.54) is 18.4 Å². The second kappa shape index (κ2) is 8.77. The van der Waals surface area contributed by atoms with Crippen LogP contribution in [0.2, 0.25) is 0 Å². The standard InChI is InChI=1S/C23H30N2O2/c1-18(24-15-19-7-3-2-4-8-19)20-11-13-25(14-12-20)16-21-17-26-22-9-5-6-10-23(22)27-21/h2-10,18,20-21,24H,11-17H2,1H3. The molecule has 0 amide bonds. The van der Waals surface area contributed by atoms with Crippen molar-refractivity contribution < 1.29 is 9.47 Å². The fraction of sp³-hybridized carbons (Fsp3) is 0.478. The first kappa shape index (κ1) is 18.3. The largest absolute Gasteiger partial charge is 0.486 e. The minimum Gasteiger partial charge on any atom is -0.486 e. The number of benzene rings is 2. The summed E-state index contributed by atoms with van der Waals surface area (Å²) >= 11 is 0. The van der Waals surface area contributed by atoms with E-state index in [-0.39, 0.29) is 6.10 Å². The van der Waals surface area contributed by atoms with E-state index < -0.39 is 0 Å². The van der Waals surface area contributed by atoms with Gasteiger partial charge in [0.15, 0.2) is 11.5 Å². The molecule has 2 unspecified atom stereocenters.